The molecule has 0 fully saturated rings. The normalized spacial score (nSPS) is 11.3. The lowest BCUT2D eigenvalue weighted by Crippen LogP contribution is -1.95. The van der Waals surface area contributed by atoms with E-state index in [9.17, 15) is 0 Å². The van der Waals surface area contributed by atoms with Crippen molar-refractivity contribution in [2.45, 2.75) is 6.92 Å². The first kappa shape index (κ1) is 14.7. The summed E-state index contributed by atoms with van der Waals surface area (Å²) in [5.74, 6) is 1.25. The average molecular weight is 342 g/mol. The second kappa shape index (κ2) is 5.70. The van der Waals surface area contributed by atoms with E-state index in [1.165, 1.54) is 0 Å². The summed E-state index contributed by atoms with van der Waals surface area (Å²) in [4.78, 5) is 12.9. The van der Waals surface area contributed by atoms with E-state index in [1.807, 2.05) is 54.0 Å². The highest BCUT2D eigenvalue weighted by molar-refractivity contribution is 5.82. The molecule has 0 amide bonds. The molecule has 1 aromatic carbocycles. The molecule has 0 saturated carbocycles. The van der Waals surface area contributed by atoms with E-state index in [0.29, 0.717) is 5.88 Å². The highest BCUT2D eigenvalue weighted by Crippen LogP contribution is 2.31. The van der Waals surface area contributed by atoms with E-state index >= 15 is 0 Å². The number of benzene rings is 1. The number of hydrogen-bond acceptors (Lipinski definition) is 5. The lowest BCUT2D eigenvalue weighted by Gasteiger charge is -2.11. The molecule has 5 aromatic rings. The fourth-order valence-electron chi connectivity index (χ4n) is 3.10. The topological polar surface area (TPSA) is 65.5 Å². The number of rotatable bonds is 3. The van der Waals surface area contributed by atoms with Gasteiger partial charge < -0.3 is 9.15 Å². The molecule has 0 aliphatic rings. The van der Waals surface area contributed by atoms with Crippen molar-refractivity contribution in [1.29, 1.82) is 0 Å². The number of nitrogens with zero attached hydrogens (tertiary/aromatic N) is 4. The van der Waals surface area contributed by atoms with Gasteiger partial charge in [0.25, 0.3) is 0 Å². The second-order valence-electron chi connectivity index (χ2n) is 5.98. The molecule has 0 atom stereocenters. The molecule has 126 valence electrons. The van der Waals surface area contributed by atoms with Gasteiger partial charge in [-0.2, -0.15) is 0 Å². The zero-order valence-corrected chi connectivity index (χ0v) is 14.0. The quantitative estimate of drug-likeness (QED) is 0.478. The monoisotopic (exact) mass is 342 g/mol. The van der Waals surface area contributed by atoms with E-state index in [-0.39, 0.29) is 0 Å². The van der Waals surface area contributed by atoms with Gasteiger partial charge in [-0.05, 0) is 42.8 Å². The molecule has 0 spiro atoms. The van der Waals surface area contributed by atoms with Crippen LogP contribution in [-0.2, 0) is 0 Å². The molecule has 0 radical (unpaired) electrons. The van der Waals surface area contributed by atoms with Crippen LogP contribution < -0.4 is 4.74 Å². The standard InChI is InChI=1S/C20H14N4O2/c1-13-10-14(26-20-16-5-9-25-18(16)4-6-23-20)2-3-15(13)17-11-21-12-19-22-7-8-24(17)19/h2-12H,1H3. The predicted octanol–water partition coefficient (Wildman–Crippen LogP) is 4.64. The van der Waals surface area contributed by atoms with Gasteiger partial charge in [0, 0.05) is 24.2 Å². The van der Waals surface area contributed by atoms with Crippen LogP contribution in [0.5, 0.6) is 11.6 Å². The molecule has 6 nitrogen and oxygen atoms in total. The van der Waals surface area contributed by atoms with Gasteiger partial charge in [-0.15, -0.1) is 0 Å². The third-order valence-electron chi connectivity index (χ3n) is 4.35. The lowest BCUT2D eigenvalue weighted by atomic mass is 10.1. The van der Waals surface area contributed by atoms with Crippen molar-refractivity contribution in [1.82, 2.24) is 19.4 Å². The van der Waals surface area contributed by atoms with E-state index in [1.54, 1.807) is 24.9 Å². The summed E-state index contributed by atoms with van der Waals surface area (Å²) in [6.07, 6.45) is 10.6. The van der Waals surface area contributed by atoms with E-state index in [4.69, 9.17) is 9.15 Å². The van der Waals surface area contributed by atoms with Crippen molar-refractivity contribution in [2.75, 3.05) is 0 Å². The minimum atomic E-state index is 0.529. The van der Waals surface area contributed by atoms with Crippen LogP contribution >= 0.6 is 0 Å². The fourth-order valence-corrected chi connectivity index (χ4v) is 3.10. The summed E-state index contributed by atoms with van der Waals surface area (Å²) in [5.41, 5.74) is 4.70. The number of aryl methyl sites for hydroxylation is 1. The third kappa shape index (κ3) is 2.31. The maximum absolute atomic E-state index is 5.99. The molecule has 0 saturated heterocycles. The molecule has 0 aliphatic heterocycles. The first-order valence-corrected chi connectivity index (χ1v) is 8.18. The van der Waals surface area contributed by atoms with Gasteiger partial charge in [0.2, 0.25) is 5.88 Å². The molecule has 6 heteroatoms. The van der Waals surface area contributed by atoms with E-state index in [2.05, 4.69) is 15.0 Å². The Balaban J connectivity index is 1.54. The van der Waals surface area contributed by atoms with Crippen LogP contribution in [0.2, 0.25) is 0 Å². The molecule has 0 N–H and O–H groups in total. The number of fused-ring (bicyclic) bond motifs is 2. The Morgan fingerprint density at radius 3 is 2.92 bits per heavy atom. The first-order chi connectivity index (χ1) is 12.8. The molecule has 0 bridgehead atoms. The zero-order chi connectivity index (χ0) is 17.5. The molecule has 0 unspecified atom stereocenters. The first-order valence-electron chi connectivity index (χ1n) is 8.18. The fraction of sp³-hybridized carbons (Fsp3) is 0.0500. The van der Waals surface area contributed by atoms with Crippen LogP contribution in [0.1, 0.15) is 5.56 Å². The Kier molecular flexibility index (Phi) is 3.21. The van der Waals surface area contributed by atoms with Crippen LogP contribution in [0.25, 0.3) is 27.9 Å². The average Bonchev–Trinajstić information content (AvgIpc) is 3.31. The number of furan rings is 1. The van der Waals surface area contributed by atoms with Crippen molar-refractivity contribution >= 4 is 16.6 Å². The summed E-state index contributed by atoms with van der Waals surface area (Å²) in [7, 11) is 0. The smallest absolute Gasteiger partial charge is 0.230 e. The molecule has 4 aromatic heterocycles. The van der Waals surface area contributed by atoms with Gasteiger partial charge in [-0.3, -0.25) is 9.38 Å². The van der Waals surface area contributed by atoms with E-state index in [0.717, 1.165) is 39.2 Å². The predicted molar refractivity (Wildman–Crippen MR) is 97.2 cm³/mol. The van der Waals surface area contributed by atoms with Gasteiger partial charge >= 0.3 is 0 Å². The molecule has 26 heavy (non-hydrogen) atoms. The van der Waals surface area contributed by atoms with Crippen LogP contribution in [0.3, 0.4) is 0 Å². The number of hydrogen-bond donors (Lipinski definition) is 0. The van der Waals surface area contributed by atoms with Crippen molar-refractivity contribution in [3.8, 4) is 22.9 Å². The van der Waals surface area contributed by atoms with Crippen LogP contribution in [0.4, 0.5) is 0 Å². The summed E-state index contributed by atoms with van der Waals surface area (Å²) in [5, 5.41) is 0.849. The van der Waals surface area contributed by atoms with E-state index < -0.39 is 0 Å². The largest absolute Gasteiger partial charge is 0.464 e. The number of pyridine rings is 1. The van der Waals surface area contributed by atoms with Gasteiger partial charge in [-0.25, -0.2) is 9.97 Å². The Hall–Kier alpha value is -3.67. The van der Waals surface area contributed by atoms with Crippen LogP contribution in [-0.4, -0.2) is 19.4 Å². The maximum Gasteiger partial charge on any atom is 0.230 e. The number of aromatic nitrogens is 4. The Morgan fingerprint density at radius 1 is 1.04 bits per heavy atom. The third-order valence-corrected chi connectivity index (χ3v) is 4.35. The lowest BCUT2D eigenvalue weighted by molar-refractivity contribution is 0.468. The van der Waals surface area contributed by atoms with Crippen molar-refractivity contribution in [3.63, 3.8) is 0 Å². The highest BCUT2D eigenvalue weighted by atomic mass is 16.5. The van der Waals surface area contributed by atoms with Crippen molar-refractivity contribution in [3.05, 3.63) is 73.1 Å². The summed E-state index contributed by atoms with van der Waals surface area (Å²) < 4.78 is 13.4. The molecule has 5 rings (SSSR count). The maximum atomic E-state index is 5.99. The number of ether oxygens (including phenoxy) is 1. The Labute approximate surface area is 148 Å². The van der Waals surface area contributed by atoms with Crippen LogP contribution in [0, 0.1) is 6.92 Å². The minimum Gasteiger partial charge on any atom is -0.464 e. The minimum absolute atomic E-state index is 0.529. The van der Waals surface area contributed by atoms with Gasteiger partial charge in [-0.1, -0.05) is 0 Å². The summed E-state index contributed by atoms with van der Waals surface area (Å²) >= 11 is 0. The Morgan fingerprint density at radius 2 is 2.00 bits per heavy atom. The van der Waals surface area contributed by atoms with Gasteiger partial charge in [0.05, 0.1) is 29.7 Å². The highest BCUT2D eigenvalue weighted by Gasteiger charge is 2.11. The van der Waals surface area contributed by atoms with Crippen molar-refractivity contribution in [2.24, 2.45) is 0 Å². The molecule has 0 aliphatic carbocycles. The van der Waals surface area contributed by atoms with Gasteiger partial charge in [0.15, 0.2) is 5.65 Å². The summed E-state index contributed by atoms with van der Waals surface area (Å²) in [6.45, 7) is 2.05. The molecule has 4 heterocycles. The van der Waals surface area contributed by atoms with Crippen LogP contribution in [0.15, 0.2) is 72.0 Å². The zero-order valence-electron chi connectivity index (χ0n) is 14.0. The Bertz CT molecular complexity index is 1240. The SMILES string of the molecule is Cc1cc(Oc2nccc3occc23)ccc1-c1cncc2nccn12. The summed E-state index contributed by atoms with van der Waals surface area (Å²) in [6, 6.07) is 9.61. The molecular weight excluding hydrogens is 328 g/mol. The van der Waals surface area contributed by atoms with Gasteiger partial charge in [0.1, 0.15) is 11.3 Å². The molecular formula is C20H14N4O2. The van der Waals surface area contributed by atoms with Crippen molar-refractivity contribution < 1.29 is 9.15 Å². The number of imidazole rings is 1. The second-order valence-corrected chi connectivity index (χ2v) is 5.98.